The first kappa shape index (κ1) is 30.6. The predicted octanol–water partition coefficient (Wildman–Crippen LogP) is 7.33. The van der Waals surface area contributed by atoms with E-state index in [1.165, 1.54) is 50.2 Å². The van der Waals surface area contributed by atoms with Gasteiger partial charge in [0.15, 0.2) is 0 Å². The van der Waals surface area contributed by atoms with Crippen molar-refractivity contribution < 1.29 is 9.13 Å². The molecule has 3 N–H and O–H groups in total. The molecule has 3 aromatic rings. The Bertz CT molecular complexity index is 1310. The third-order valence-electron chi connectivity index (χ3n) is 8.38. The lowest BCUT2D eigenvalue weighted by Crippen LogP contribution is -2.36. The lowest BCUT2D eigenvalue weighted by molar-refractivity contribution is 0.0531. The van der Waals surface area contributed by atoms with E-state index in [0.717, 1.165) is 61.2 Å². The summed E-state index contributed by atoms with van der Waals surface area (Å²) in [7, 11) is 0. The Morgan fingerprint density at radius 3 is 2.44 bits per heavy atom. The van der Waals surface area contributed by atoms with Crippen molar-refractivity contribution in [3.63, 3.8) is 0 Å². The maximum Gasteiger partial charge on any atom is 0.250 e. The van der Waals surface area contributed by atoms with Gasteiger partial charge in [-0.2, -0.15) is 0 Å². The van der Waals surface area contributed by atoms with Gasteiger partial charge < -0.3 is 20.4 Å². The van der Waals surface area contributed by atoms with Crippen LogP contribution in [0.2, 0.25) is 0 Å². The first-order valence-electron chi connectivity index (χ1n) is 15.2. The van der Waals surface area contributed by atoms with Crippen molar-refractivity contribution >= 4 is 5.70 Å². The van der Waals surface area contributed by atoms with Crippen molar-refractivity contribution in [1.29, 1.82) is 0 Å². The molecule has 3 aliphatic rings. The number of benzene rings is 2. The Hall–Kier alpha value is -3.38. The Labute approximate surface area is 244 Å². The molecule has 0 unspecified atom stereocenters. The number of nitrogens with one attached hydrogen (secondary N) is 1. The van der Waals surface area contributed by atoms with Crippen LogP contribution in [0.3, 0.4) is 0 Å². The molecular weight excluding hydrogens is 513 g/mol. The van der Waals surface area contributed by atoms with E-state index in [9.17, 15) is 9.18 Å². The van der Waals surface area contributed by atoms with Gasteiger partial charge in [0, 0.05) is 36.1 Å². The van der Waals surface area contributed by atoms with Gasteiger partial charge in [0.2, 0.25) is 0 Å². The van der Waals surface area contributed by atoms with Gasteiger partial charge in [-0.25, -0.2) is 4.39 Å². The summed E-state index contributed by atoms with van der Waals surface area (Å²) in [5.74, 6) is 0.754. The van der Waals surface area contributed by atoms with E-state index in [0.29, 0.717) is 12.6 Å². The maximum atomic E-state index is 13.0. The number of fused-ring (bicyclic) bond motifs is 1. The number of ether oxygens (including phenoxy) is 1. The fraction of sp³-hybridized carbons (Fsp3) is 0.457. The number of aromatic nitrogens is 1. The van der Waals surface area contributed by atoms with Crippen LogP contribution < -0.4 is 21.3 Å². The number of nitrogens with zero attached hydrogens (tertiary/aromatic N) is 1. The molecule has 0 radical (unpaired) electrons. The summed E-state index contributed by atoms with van der Waals surface area (Å²) < 4.78 is 20.9. The lowest BCUT2D eigenvalue weighted by atomic mass is 9.90. The molecule has 6 heteroatoms. The Balaban J connectivity index is 0.000000156. The third-order valence-corrected chi connectivity index (χ3v) is 8.38. The summed E-state index contributed by atoms with van der Waals surface area (Å²) in [4.78, 5) is 11.9. The minimum Gasteiger partial charge on any atom is -0.487 e. The van der Waals surface area contributed by atoms with E-state index in [-0.39, 0.29) is 17.0 Å². The van der Waals surface area contributed by atoms with Crippen molar-refractivity contribution in [3.8, 4) is 5.75 Å². The predicted molar refractivity (Wildman–Crippen MR) is 167 cm³/mol. The zero-order valence-corrected chi connectivity index (χ0v) is 24.5. The summed E-state index contributed by atoms with van der Waals surface area (Å²) in [6.45, 7) is 7.60. The fourth-order valence-corrected chi connectivity index (χ4v) is 5.99. The second-order valence-corrected chi connectivity index (χ2v) is 11.5. The van der Waals surface area contributed by atoms with Crippen LogP contribution in [0.25, 0.3) is 5.70 Å². The summed E-state index contributed by atoms with van der Waals surface area (Å²) in [6, 6.07) is 19.0. The molecule has 2 aliphatic carbocycles. The normalized spacial score (nSPS) is 17.0. The molecule has 1 spiro atoms. The lowest BCUT2D eigenvalue weighted by Gasteiger charge is -2.35. The van der Waals surface area contributed by atoms with E-state index in [1.54, 1.807) is 18.2 Å². The molecule has 2 saturated carbocycles. The van der Waals surface area contributed by atoms with Crippen molar-refractivity contribution in [2.75, 3.05) is 13.1 Å². The first-order chi connectivity index (χ1) is 19.9. The second-order valence-electron chi connectivity index (χ2n) is 11.5. The first-order valence-corrected chi connectivity index (χ1v) is 15.2. The molecule has 2 heterocycles. The molecule has 2 fully saturated rings. The Morgan fingerprint density at radius 2 is 1.78 bits per heavy atom. The standard InChI is InChI=1S/C15H23N3O.C13H15FO.C7H8/c1-12(17-10-4-9-16)13-7-8-15(19)18(11-13)14-5-2-3-6-14;14-11-3-4-12-10(9-11)5-8-13(15-12)6-1-2-7-13;1-7-5-3-2-4-6-7/h7-8,11,14,17H,1-6,9-10,16H2;3-4,9H,1-2,5-8H2;2-6H,1H3. The molecular formula is C35H46FN3O2. The average molecular weight is 560 g/mol. The van der Waals surface area contributed by atoms with Crippen molar-refractivity contribution in [2.24, 2.45) is 5.73 Å². The number of pyridine rings is 1. The molecule has 2 aromatic carbocycles. The number of hydrogen-bond donors (Lipinski definition) is 2. The van der Waals surface area contributed by atoms with Crippen LogP contribution in [0.5, 0.6) is 5.75 Å². The van der Waals surface area contributed by atoms with Gasteiger partial charge in [-0.05, 0) is 101 Å². The Morgan fingerprint density at radius 1 is 1.05 bits per heavy atom. The summed E-state index contributed by atoms with van der Waals surface area (Å²) >= 11 is 0. The van der Waals surface area contributed by atoms with Gasteiger partial charge in [0.1, 0.15) is 17.2 Å². The van der Waals surface area contributed by atoms with E-state index in [4.69, 9.17) is 10.5 Å². The van der Waals surface area contributed by atoms with Gasteiger partial charge in [-0.3, -0.25) is 4.79 Å². The smallest absolute Gasteiger partial charge is 0.250 e. The highest BCUT2D eigenvalue weighted by Gasteiger charge is 2.38. The highest BCUT2D eigenvalue weighted by atomic mass is 19.1. The molecule has 0 saturated heterocycles. The molecule has 1 aromatic heterocycles. The topological polar surface area (TPSA) is 69.3 Å². The van der Waals surface area contributed by atoms with E-state index < -0.39 is 0 Å². The van der Waals surface area contributed by atoms with Crippen LogP contribution >= 0.6 is 0 Å². The third kappa shape index (κ3) is 8.80. The SMILES string of the molecule is C=C(NCCCN)c1ccc(=O)n(C2CCCC2)c1.Cc1ccccc1.Fc1ccc2c(c1)CCC1(CCCC1)O2. The van der Waals surface area contributed by atoms with Gasteiger partial charge >= 0.3 is 0 Å². The molecule has 6 rings (SSSR count). The molecule has 1 aliphatic heterocycles. The van der Waals surface area contributed by atoms with E-state index >= 15 is 0 Å². The van der Waals surface area contributed by atoms with Crippen LogP contribution in [0, 0.1) is 12.7 Å². The summed E-state index contributed by atoms with van der Waals surface area (Å²) in [5.41, 5.74) is 9.85. The summed E-state index contributed by atoms with van der Waals surface area (Å²) in [6.07, 6.45) is 14.4. The monoisotopic (exact) mass is 559 g/mol. The largest absolute Gasteiger partial charge is 0.487 e. The van der Waals surface area contributed by atoms with Gasteiger partial charge in [0.05, 0.1) is 0 Å². The van der Waals surface area contributed by atoms with Gasteiger partial charge in [0.25, 0.3) is 5.56 Å². The van der Waals surface area contributed by atoms with Crippen LogP contribution in [0.4, 0.5) is 4.39 Å². The van der Waals surface area contributed by atoms with E-state index in [1.807, 2.05) is 35.0 Å². The van der Waals surface area contributed by atoms with Crippen molar-refractivity contribution in [2.45, 2.75) is 89.2 Å². The highest BCUT2D eigenvalue weighted by molar-refractivity contribution is 5.60. The molecule has 5 nitrogen and oxygen atoms in total. The number of hydrogen-bond acceptors (Lipinski definition) is 4. The fourth-order valence-electron chi connectivity index (χ4n) is 5.99. The number of nitrogens with two attached hydrogens (primary N) is 1. The molecule has 220 valence electrons. The van der Waals surface area contributed by atoms with Crippen LogP contribution in [-0.4, -0.2) is 23.3 Å². The summed E-state index contributed by atoms with van der Waals surface area (Å²) in [5, 5.41) is 3.25. The minimum absolute atomic E-state index is 0.0881. The Kier molecular flexibility index (Phi) is 11.2. The number of halogens is 1. The second kappa shape index (κ2) is 15.0. The van der Waals surface area contributed by atoms with Crippen molar-refractivity contribution in [3.05, 3.63) is 106 Å². The number of rotatable bonds is 6. The average Bonchev–Trinajstić information content (AvgIpc) is 3.68. The highest BCUT2D eigenvalue weighted by Crippen LogP contribution is 2.43. The van der Waals surface area contributed by atoms with Gasteiger partial charge in [-0.1, -0.05) is 55.3 Å². The van der Waals surface area contributed by atoms with Crippen LogP contribution in [0.15, 0.2) is 78.2 Å². The molecule has 0 atom stereocenters. The van der Waals surface area contributed by atoms with Crippen molar-refractivity contribution in [1.82, 2.24) is 9.88 Å². The number of aryl methyl sites for hydroxylation is 2. The maximum absolute atomic E-state index is 13.0. The molecule has 0 bridgehead atoms. The molecule has 0 amide bonds. The zero-order chi connectivity index (χ0) is 29.1. The van der Waals surface area contributed by atoms with E-state index in [2.05, 4.69) is 31.0 Å². The molecule has 41 heavy (non-hydrogen) atoms. The van der Waals surface area contributed by atoms with Crippen LogP contribution in [-0.2, 0) is 6.42 Å². The zero-order valence-electron chi connectivity index (χ0n) is 24.5. The quantitative estimate of drug-likeness (QED) is 0.310. The van der Waals surface area contributed by atoms with Gasteiger partial charge in [-0.15, -0.1) is 0 Å². The van der Waals surface area contributed by atoms with Crippen LogP contribution in [0.1, 0.15) is 86.9 Å². The minimum atomic E-state index is -0.153.